The summed E-state index contributed by atoms with van der Waals surface area (Å²) < 4.78 is 11.2. The summed E-state index contributed by atoms with van der Waals surface area (Å²) in [4.78, 5) is 4.37. The van der Waals surface area contributed by atoms with Crippen LogP contribution in [0.5, 0.6) is 11.6 Å². The summed E-state index contributed by atoms with van der Waals surface area (Å²) in [6.45, 7) is 2.93. The van der Waals surface area contributed by atoms with Gasteiger partial charge in [0.05, 0.1) is 13.7 Å². The van der Waals surface area contributed by atoms with Gasteiger partial charge in [-0.2, -0.15) is 0 Å². The number of aromatic nitrogens is 1. The van der Waals surface area contributed by atoms with Gasteiger partial charge in [-0.25, -0.2) is 4.98 Å². The Balaban J connectivity index is 1.76. The molecule has 1 aliphatic heterocycles. The second kappa shape index (κ2) is 6.09. The molecule has 1 N–H and O–H groups in total. The van der Waals surface area contributed by atoms with Gasteiger partial charge in [-0.15, -0.1) is 0 Å². The lowest BCUT2D eigenvalue weighted by molar-refractivity contribution is 0.211. The van der Waals surface area contributed by atoms with E-state index in [9.17, 15) is 0 Å². The first-order chi connectivity index (χ1) is 9.86. The monoisotopic (exact) mass is 272 g/mol. The van der Waals surface area contributed by atoms with Crippen LogP contribution in [0.2, 0.25) is 0 Å². The topological polar surface area (TPSA) is 43.4 Å². The van der Waals surface area contributed by atoms with Crippen LogP contribution in [0, 0.1) is 5.92 Å². The van der Waals surface area contributed by atoms with E-state index in [1.807, 2.05) is 24.3 Å². The predicted molar refractivity (Wildman–Crippen MR) is 79.4 cm³/mol. The Bertz CT molecular complexity index is 580. The molecule has 4 heteroatoms. The molecule has 0 aliphatic carbocycles. The second-order valence-corrected chi connectivity index (χ2v) is 5.21. The summed E-state index contributed by atoms with van der Waals surface area (Å²) in [7, 11) is 1.68. The number of hydrogen-bond donors (Lipinski definition) is 1. The van der Waals surface area contributed by atoms with Crippen molar-refractivity contribution in [2.75, 3.05) is 26.8 Å². The van der Waals surface area contributed by atoms with Gasteiger partial charge >= 0.3 is 0 Å². The van der Waals surface area contributed by atoms with Gasteiger partial charge in [0.25, 0.3) is 0 Å². The second-order valence-electron chi connectivity index (χ2n) is 5.21. The Labute approximate surface area is 119 Å². The van der Waals surface area contributed by atoms with E-state index >= 15 is 0 Å². The van der Waals surface area contributed by atoms with Crippen molar-refractivity contribution >= 4 is 10.8 Å². The molecule has 1 saturated heterocycles. The number of fused-ring (bicyclic) bond motifs is 1. The summed E-state index contributed by atoms with van der Waals surface area (Å²) in [6.07, 6.45) is 4.15. The maximum Gasteiger partial charge on any atom is 0.221 e. The molecule has 0 bridgehead atoms. The number of benzene rings is 1. The van der Waals surface area contributed by atoms with Crippen molar-refractivity contribution < 1.29 is 9.47 Å². The maximum absolute atomic E-state index is 5.95. The predicted octanol–water partition coefficient (Wildman–Crippen LogP) is 2.62. The molecule has 4 nitrogen and oxygen atoms in total. The van der Waals surface area contributed by atoms with Crippen molar-refractivity contribution in [3.8, 4) is 11.6 Å². The molecular weight excluding hydrogens is 252 g/mol. The quantitative estimate of drug-likeness (QED) is 0.929. The van der Waals surface area contributed by atoms with Gasteiger partial charge in [0.15, 0.2) is 0 Å². The highest BCUT2D eigenvalue weighted by atomic mass is 16.5. The van der Waals surface area contributed by atoms with E-state index in [2.05, 4.69) is 10.3 Å². The van der Waals surface area contributed by atoms with Gasteiger partial charge < -0.3 is 14.8 Å². The Morgan fingerprint density at radius 3 is 2.90 bits per heavy atom. The van der Waals surface area contributed by atoms with Crippen molar-refractivity contribution in [1.82, 2.24) is 10.3 Å². The normalized spacial score (nSPS) is 16.2. The molecule has 106 valence electrons. The molecule has 0 spiro atoms. The van der Waals surface area contributed by atoms with Crippen molar-refractivity contribution in [2.45, 2.75) is 12.8 Å². The molecule has 1 aromatic carbocycles. The van der Waals surface area contributed by atoms with Crippen LogP contribution in [0.4, 0.5) is 0 Å². The number of ether oxygens (including phenoxy) is 2. The summed E-state index contributed by atoms with van der Waals surface area (Å²) in [6, 6.07) is 7.95. The Morgan fingerprint density at radius 2 is 2.10 bits per heavy atom. The van der Waals surface area contributed by atoms with Gasteiger partial charge in [-0.1, -0.05) is 0 Å². The Kier molecular flexibility index (Phi) is 4.02. The fourth-order valence-corrected chi connectivity index (χ4v) is 2.62. The van der Waals surface area contributed by atoms with E-state index in [0.717, 1.165) is 42.1 Å². The molecular formula is C16H20N2O2. The molecule has 0 atom stereocenters. The molecule has 2 heterocycles. The highest BCUT2D eigenvalue weighted by Gasteiger charge is 2.14. The zero-order valence-corrected chi connectivity index (χ0v) is 11.8. The molecule has 20 heavy (non-hydrogen) atoms. The summed E-state index contributed by atoms with van der Waals surface area (Å²) >= 11 is 0. The van der Waals surface area contributed by atoms with E-state index in [-0.39, 0.29) is 0 Å². The SMILES string of the molecule is COc1ccc2c(OCC3CCNCC3)nccc2c1. The number of piperidine rings is 1. The number of methoxy groups -OCH3 is 1. The van der Waals surface area contributed by atoms with Crippen LogP contribution in [0.25, 0.3) is 10.8 Å². The number of pyridine rings is 1. The van der Waals surface area contributed by atoms with Crippen molar-refractivity contribution in [3.05, 3.63) is 30.5 Å². The fraction of sp³-hybridized carbons (Fsp3) is 0.438. The van der Waals surface area contributed by atoms with Gasteiger partial charge in [0, 0.05) is 11.6 Å². The van der Waals surface area contributed by atoms with Gasteiger partial charge in [-0.3, -0.25) is 0 Å². The summed E-state index contributed by atoms with van der Waals surface area (Å²) in [5.74, 6) is 2.21. The number of rotatable bonds is 4. The summed E-state index contributed by atoms with van der Waals surface area (Å²) in [5.41, 5.74) is 0. The molecule has 3 rings (SSSR count). The van der Waals surface area contributed by atoms with Crippen LogP contribution < -0.4 is 14.8 Å². The lowest BCUT2D eigenvalue weighted by Gasteiger charge is -2.22. The number of hydrogen-bond acceptors (Lipinski definition) is 4. The third kappa shape index (κ3) is 2.85. The standard InChI is InChI=1S/C16H20N2O2/c1-19-14-2-3-15-13(10-14)6-9-18-16(15)20-11-12-4-7-17-8-5-12/h2-3,6,9-10,12,17H,4-5,7-8,11H2,1H3. The minimum atomic E-state index is 0.631. The zero-order valence-electron chi connectivity index (χ0n) is 11.8. The van der Waals surface area contributed by atoms with Crippen molar-refractivity contribution in [3.63, 3.8) is 0 Å². The fourth-order valence-electron chi connectivity index (χ4n) is 2.62. The summed E-state index contributed by atoms with van der Waals surface area (Å²) in [5, 5.41) is 5.51. The van der Waals surface area contributed by atoms with Crippen LogP contribution in [0.1, 0.15) is 12.8 Å². The van der Waals surface area contributed by atoms with E-state index in [1.54, 1.807) is 13.3 Å². The Hall–Kier alpha value is -1.81. The number of nitrogens with zero attached hydrogens (tertiary/aromatic N) is 1. The first kappa shape index (κ1) is 13.2. The molecule has 0 radical (unpaired) electrons. The molecule has 0 amide bonds. The molecule has 1 aromatic heterocycles. The first-order valence-corrected chi connectivity index (χ1v) is 7.13. The van der Waals surface area contributed by atoms with Gasteiger partial charge in [0.2, 0.25) is 5.88 Å². The van der Waals surface area contributed by atoms with Crippen LogP contribution in [0.15, 0.2) is 30.5 Å². The number of nitrogens with one attached hydrogen (secondary N) is 1. The third-order valence-electron chi connectivity index (χ3n) is 3.85. The van der Waals surface area contributed by atoms with E-state index < -0.39 is 0 Å². The van der Waals surface area contributed by atoms with Crippen molar-refractivity contribution in [1.29, 1.82) is 0 Å². The molecule has 1 aliphatic rings. The average Bonchev–Trinajstić information content (AvgIpc) is 2.53. The third-order valence-corrected chi connectivity index (χ3v) is 3.85. The van der Waals surface area contributed by atoms with Crippen LogP contribution >= 0.6 is 0 Å². The average molecular weight is 272 g/mol. The van der Waals surface area contributed by atoms with E-state index in [1.165, 1.54) is 12.8 Å². The lowest BCUT2D eigenvalue weighted by atomic mass is 9.99. The molecule has 0 saturated carbocycles. The molecule has 1 fully saturated rings. The molecule has 0 unspecified atom stereocenters. The van der Waals surface area contributed by atoms with Crippen molar-refractivity contribution in [2.24, 2.45) is 5.92 Å². The minimum Gasteiger partial charge on any atom is -0.497 e. The van der Waals surface area contributed by atoms with Gasteiger partial charge in [-0.05, 0) is 61.5 Å². The minimum absolute atomic E-state index is 0.631. The molecule has 2 aromatic rings. The lowest BCUT2D eigenvalue weighted by Crippen LogP contribution is -2.30. The van der Waals surface area contributed by atoms with Crippen LogP contribution in [-0.2, 0) is 0 Å². The van der Waals surface area contributed by atoms with Crippen LogP contribution in [0.3, 0.4) is 0 Å². The Morgan fingerprint density at radius 1 is 1.25 bits per heavy atom. The van der Waals surface area contributed by atoms with Gasteiger partial charge in [0.1, 0.15) is 5.75 Å². The maximum atomic E-state index is 5.95. The van der Waals surface area contributed by atoms with E-state index in [4.69, 9.17) is 9.47 Å². The van der Waals surface area contributed by atoms with Crippen LogP contribution in [-0.4, -0.2) is 31.8 Å². The largest absolute Gasteiger partial charge is 0.497 e. The zero-order chi connectivity index (χ0) is 13.8. The van der Waals surface area contributed by atoms with E-state index in [0.29, 0.717) is 5.92 Å². The first-order valence-electron chi connectivity index (χ1n) is 7.13. The highest BCUT2D eigenvalue weighted by molar-refractivity contribution is 5.87. The highest BCUT2D eigenvalue weighted by Crippen LogP contribution is 2.27. The smallest absolute Gasteiger partial charge is 0.221 e.